The van der Waals surface area contributed by atoms with E-state index in [0.717, 1.165) is 37.5 Å². The number of likely N-dealkylation sites (tertiary alicyclic amines) is 1. The Morgan fingerprint density at radius 1 is 0.957 bits per heavy atom. The van der Waals surface area contributed by atoms with Crippen molar-refractivity contribution in [2.45, 2.75) is 63.9 Å². The Hall–Kier alpha value is -1.26. The first-order chi connectivity index (χ1) is 11.2. The molecule has 5 heteroatoms. The molecule has 0 aromatic carbocycles. The Morgan fingerprint density at radius 2 is 1.74 bits per heavy atom. The molecule has 1 aliphatic heterocycles. The number of esters is 1. The predicted octanol–water partition coefficient (Wildman–Crippen LogP) is 3.37. The first-order valence-electron chi connectivity index (χ1n) is 9.20. The lowest BCUT2D eigenvalue weighted by Gasteiger charge is -2.39. The van der Waals surface area contributed by atoms with E-state index in [1.807, 2.05) is 0 Å². The van der Waals surface area contributed by atoms with Gasteiger partial charge in [0.05, 0.1) is 13.0 Å². The zero-order valence-electron chi connectivity index (χ0n) is 14.2. The number of methoxy groups -OCH3 is 1. The van der Waals surface area contributed by atoms with Gasteiger partial charge < -0.3 is 14.4 Å². The van der Waals surface area contributed by atoms with Crippen molar-refractivity contribution in [1.29, 1.82) is 0 Å². The van der Waals surface area contributed by atoms with Crippen molar-refractivity contribution < 1.29 is 19.1 Å². The van der Waals surface area contributed by atoms with Crippen LogP contribution in [0.5, 0.6) is 0 Å². The van der Waals surface area contributed by atoms with Gasteiger partial charge in [-0.3, -0.25) is 4.79 Å². The number of piperidine rings is 1. The summed E-state index contributed by atoms with van der Waals surface area (Å²) in [6, 6.07) is 0. The number of ether oxygens (including phenoxy) is 2. The Bertz CT molecular complexity index is 439. The number of hydrogen-bond acceptors (Lipinski definition) is 4. The van der Waals surface area contributed by atoms with Crippen molar-refractivity contribution in [2.75, 3.05) is 20.2 Å². The minimum Gasteiger partial charge on any atom is -0.462 e. The van der Waals surface area contributed by atoms with E-state index in [-0.39, 0.29) is 24.1 Å². The van der Waals surface area contributed by atoms with E-state index < -0.39 is 0 Å². The molecule has 1 amide bonds. The summed E-state index contributed by atoms with van der Waals surface area (Å²) in [6.07, 6.45) is 10.0. The van der Waals surface area contributed by atoms with Crippen molar-refractivity contribution in [3.05, 3.63) is 0 Å². The van der Waals surface area contributed by atoms with Gasteiger partial charge >= 0.3 is 12.1 Å². The van der Waals surface area contributed by atoms with E-state index in [9.17, 15) is 9.59 Å². The van der Waals surface area contributed by atoms with Crippen molar-refractivity contribution in [2.24, 2.45) is 17.8 Å². The van der Waals surface area contributed by atoms with Gasteiger partial charge in [-0.2, -0.15) is 0 Å². The Morgan fingerprint density at radius 3 is 2.52 bits per heavy atom. The highest BCUT2D eigenvalue weighted by Gasteiger charge is 2.36. The van der Waals surface area contributed by atoms with Crippen molar-refractivity contribution in [1.82, 2.24) is 4.90 Å². The van der Waals surface area contributed by atoms with Crippen LogP contribution in [-0.2, 0) is 14.3 Å². The van der Waals surface area contributed by atoms with Gasteiger partial charge in [-0.25, -0.2) is 4.79 Å². The summed E-state index contributed by atoms with van der Waals surface area (Å²) in [5, 5.41) is 0. The molecule has 5 nitrogen and oxygen atoms in total. The molecule has 2 aliphatic carbocycles. The van der Waals surface area contributed by atoms with Crippen molar-refractivity contribution in [3.8, 4) is 0 Å². The second-order valence-corrected chi connectivity index (χ2v) is 7.43. The molecule has 130 valence electrons. The molecule has 0 spiro atoms. The van der Waals surface area contributed by atoms with Gasteiger partial charge in [0.15, 0.2) is 0 Å². The van der Waals surface area contributed by atoms with Crippen LogP contribution >= 0.6 is 0 Å². The number of carbonyl (C=O) groups excluding carboxylic acids is 2. The normalized spacial score (nSPS) is 34.4. The second-order valence-electron chi connectivity index (χ2n) is 7.43. The first-order valence-corrected chi connectivity index (χ1v) is 9.20. The van der Waals surface area contributed by atoms with Gasteiger partial charge in [0, 0.05) is 13.1 Å². The lowest BCUT2D eigenvalue weighted by atomic mass is 9.70. The fourth-order valence-electron chi connectivity index (χ4n) is 4.66. The van der Waals surface area contributed by atoms with E-state index in [1.54, 1.807) is 4.90 Å². The Labute approximate surface area is 138 Å². The minimum atomic E-state index is -0.342. The van der Waals surface area contributed by atoms with Crippen LogP contribution in [0.3, 0.4) is 0 Å². The number of hydrogen-bond donors (Lipinski definition) is 0. The molecule has 0 bridgehead atoms. The first kappa shape index (κ1) is 16.6. The maximum absolute atomic E-state index is 12.5. The molecule has 0 N–H and O–H groups in total. The third-order valence-electron chi connectivity index (χ3n) is 5.96. The molecule has 0 unspecified atom stereocenters. The molecule has 0 aromatic heterocycles. The zero-order valence-corrected chi connectivity index (χ0v) is 14.2. The molecule has 2 saturated carbocycles. The van der Waals surface area contributed by atoms with Crippen LogP contribution in [0.15, 0.2) is 0 Å². The summed E-state index contributed by atoms with van der Waals surface area (Å²) >= 11 is 0. The topological polar surface area (TPSA) is 55.8 Å². The van der Waals surface area contributed by atoms with E-state index >= 15 is 0 Å². The van der Waals surface area contributed by atoms with Crippen LogP contribution in [-0.4, -0.2) is 43.3 Å². The quantitative estimate of drug-likeness (QED) is 0.731. The summed E-state index contributed by atoms with van der Waals surface area (Å²) < 4.78 is 10.6. The van der Waals surface area contributed by atoms with Crippen molar-refractivity contribution in [3.63, 3.8) is 0 Å². The van der Waals surface area contributed by atoms with Crippen LogP contribution in [0.4, 0.5) is 4.79 Å². The highest BCUT2D eigenvalue weighted by molar-refractivity contribution is 5.75. The summed E-state index contributed by atoms with van der Waals surface area (Å²) in [4.78, 5) is 25.7. The molecule has 0 aromatic rings. The van der Waals surface area contributed by atoms with E-state index in [4.69, 9.17) is 9.47 Å². The number of rotatable bonds is 2. The smallest absolute Gasteiger partial charge is 0.409 e. The Balaban J connectivity index is 1.49. The van der Waals surface area contributed by atoms with Crippen LogP contribution in [0.25, 0.3) is 0 Å². The highest BCUT2D eigenvalue weighted by atomic mass is 16.5. The molecule has 23 heavy (non-hydrogen) atoms. The lowest BCUT2D eigenvalue weighted by molar-refractivity contribution is -0.159. The molecule has 3 aliphatic rings. The van der Waals surface area contributed by atoms with Crippen LogP contribution in [0.2, 0.25) is 0 Å². The van der Waals surface area contributed by atoms with Crippen LogP contribution in [0, 0.1) is 17.8 Å². The predicted molar refractivity (Wildman–Crippen MR) is 85.9 cm³/mol. The molecule has 3 fully saturated rings. The fourth-order valence-corrected chi connectivity index (χ4v) is 4.66. The zero-order chi connectivity index (χ0) is 16.2. The average Bonchev–Trinajstić information content (AvgIpc) is 2.61. The van der Waals surface area contributed by atoms with Crippen LogP contribution in [0.1, 0.15) is 57.8 Å². The fraction of sp³-hybridized carbons (Fsp3) is 0.889. The van der Waals surface area contributed by atoms with Gasteiger partial charge in [0.2, 0.25) is 0 Å². The summed E-state index contributed by atoms with van der Waals surface area (Å²) in [6.45, 7) is 1.11. The highest BCUT2D eigenvalue weighted by Crippen LogP contribution is 2.41. The standard InChI is InChI=1S/C18H29NO4/c1-22-18(21)19-10-4-7-15(12-19)17(20)23-16-9-8-13-5-2-3-6-14(13)11-16/h13-16H,2-12H2,1H3/t13-,14-,15+,16-/m1/s1. The molecular weight excluding hydrogens is 294 g/mol. The van der Waals surface area contributed by atoms with Crippen molar-refractivity contribution >= 4 is 12.1 Å². The third kappa shape index (κ3) is 3.99. The molecule has 4 atom stereocenters. The lowest BCUT2D eigenvalue weighted by Crippen LogP contribution is -2.43. The minimum absolute atomic E-state index is 0.0929. The molecular formula is C18H29NO4. The van der Waals surface area contributed by atoms with Gasteiger partial charge in [0.25, 0.3) is 0 Å². The number of carbonyl (C=O) groups is 2. The largest absolute Gasteiger partial charge is 0.462 e. The molecule has 0 radical (unpaired) electrons. The van der Waals surface area contributed by atoms with Gasteiger partial charge in [-0.15, -0.1) is 0 Å². The third-order valence-corrected chi connectivity index (χ3v) is 5.96. The van der Waals surface area contributed by atoms with Crippen LogP contribution < -0.4 is 0 Å². The average molecular weight is 323 g/mol. The summed E-state index contributed by atoms with van der Waals surface area (Å²) in [5.41, 5.74) is 0. The Kier molecular flexibility index (Phi) is 5.44. The number of amides is 1. The molecule has 1 heterocycles. The maximum Gasteiger partial charge on any atom is 0.409 e. The molecule has 1 saturated heterocycles. The number of nitrogens with zero attached hydrogens (tertiary/aromatic N) is 1. The van der Waals surface area contributed by atoms with Gasteiger partial charge in [-0.05, 0) is 43.9 Å². The number of fused-ring (bicyclic) bond motifs is 1. The SMILES string of the molecule is COC(=O)N1CCC[C@H](C(=O)O[C@@H]2CC[C@H]3CCCC[C@@H]3C2)C1. The van der Waals surface area contributed by atoms with E-state index in [2.05, 4.69) is 0 Å². The van der Waals surface area contributed by atoms with E-state index in [1.165, 1.54) is 39.2 Å². The monoisotopic (exact) mass is 323 g/mol. The maximum atomic E-state index is 12.5. The second kappa shape index (κ2) is 7.54. The molecule has 3 rings (SSSR count). The van der Waals surface area contributed by atoms with Gasteiger partial charge in [0.1, 0.15) is 6.10 Å². The van der Waals surface area contributed by atoms with E-state index in [0.29, 0.717) is 13.1 Å². The summed E-state index contributed by atoms with van der Waals surface area (Å²) in [7, 11) is 1.38. The van der Waals surface area contributed by atoms with Gasteiger partial charge in [-0.1, -0.05) is 25.7 Å². The summed E-state index contributed by atoms with van der Waals surface area (Å²) in [5.74, 6) is 1.32.